The van der Waals surface area contributed by atoms with Crippen molar-refractivity contribution >= 4 is 0 Å². The molecule has 2 atom stereocenters. The fourth-order valence-electron chi connectivity index (χ4n) is 3.17. The van der Waals surface area contributed by atoms with Crippen LogP contribution in [0, 0.1) is 0 Å². The molecule has 1 N–H and O–H groups in total. The highest BCUT2D eigenvalue weighted by molar-refractivity contribution is 5.36. The molecule has 0 saturated carbocycles. The fraction of sp³-hybridized carbons (Fsp3) is 0.400. The van der Waals surface area contributed by atoms with Crippen molar-refractivity contribution in [2.24, 2.45) is 0 Å². The summed E-state index contributed by atoms with van der Waals surface area (Å²) < 4.78 is 0. The molecule has 0 aromatic heterocycles. The van der Waals surface area contributed by atoms with E-state index < -0.39 is 0 Å². The van der Waals surface area contributed by atoms with Gasteiger partial charge < -0.3 is 5.32 Å². The largest absolute Gasteiger partial charge is 0.312 e. The molecular formula is C20H27N. The maximum atomic E-state index is 3.51. The fourth-order valence-corrected chi connectivity index (χ4v) is 3.17. The minimum absolute atomic E-state index is 0.351. The first-order valence-electron chi connectivity index (χ1n) is 8.05. The van der Waals surface area contributed by atoms with E-state index >= 15 is 0 Å². The second-order valence-electron chi connectivity index (χ2n) is 5.70. The minimum Gasteiger partial charge on any atom is -0.312 e. The predicted molar refractivity (Wildman–Crippen MR) is 91.9 cm³/mol. The zero-order valence-electron chi connectivity index (χ0n) is 13.7. The van der Waals surface area contributed by atoms with Gasteiger partial charge in [0, 0.05) is 12.0 Å². The van der Waals surface area contributed by atoms with Crippen molar-refractivity contribution < 1.29 is 0 Å². The van der Waals surface area contributed by atoms with Gasteiger partial charge in [0.15, 0.2) is 0 Å². The molecule has 0 radical (unpaired) electrons. The first-order valence-corrected chi connectivity index (χ1v) is 8.05. The van der Waals surface area contributed by atoms with Gasteiger partial charge in [-0.1, -0.05) is 69.3 Å². The number of hydrogen-bond donors (Lipinski definition) is 1. The molecule has 0 saturated heterocycles. The molecule has 2 aromatic rings. The standard InChI is InChI=1S/C20H27N/c1-5-16-12-13-19(14-17(16)6-2)20(21-4)15(3)18-10-8-7-9-11-18/h7-15,20-21H,5-6H2,1-4H3. The molecule has 2 unspecified atom stereocenters. The number of rotatable bonds is 6. The van der Waals surface area contributed by atoms with Crippen LogP contribution in [0.2, 0.25) is 0 Å². The molecule has 1 heteroatoms. The third kappa shape index (κ3) is 3.54. The van der Waals surface area contributed by atoms with Crippen molar-refractivity contribution in [2.45, 2.75) is 45.6 Å². The number of hydrogen-bond acceptors (Lipinski definition) is 1. The quantitative estimate of drug-likeness (QED) is 0.796. The van der Waals surface area contributed by atoms with Crippen LogP contribution < -0.4 is 5.32 Å². The van der Waals surface area contributed by atoms with Crippen molar-refractivity contribution in [1.29, 1.82) is 0 Å². The average molecular weight is 281 g/mol. The Labute approximate surface area is 129 Å². The number of benzene rings is 2. The number of likely N-dealkylation sites (N-methyl/N-ethyl adjacent to an activating group) is 1. The van der Waals surface area contributed by atoms with E-state index in [-0.39, 0.29) is 0 Å². The monoisotopic (exact) mass is 281 g/mol. The Kier molecular flexibility index (Phi) is 5.58. The van der Waals surface area contributed by atoms with Gasteiger partial charge in [0.05, 0.1) is 0 Å². The van der Waals surface area contributed by atoms with Gasteiger partial charge in [-0.2, -0.15) is 0 Å². The van der Waals surface area contributed by atoms with Gasteiger partial charge in [0.25, 0.3) is 0 Å². The van der Waals surface area contributed by atoms with Crippen molar-refractivity contribution in [2.75, 3.05) is 7.05 Å². The lowest BCUT2D eigenvalue weighted by atomic mass is 9.87. The lowest BCUT2D eigenvalue weighted by molar-refractivity contribution is 0.507. The summed E-state index contributed by atoms with van der Waals surface area (Å²) in [7, 11) is 2.06. The molecule has 2 rings (SSSR count). The Balaban J connectivity index is 2.33. The van der Waals surface area contributed by atoms with Crippen LogP contribution in [0.1, 0.15) is 55.0 Å². The zero-order chi connectivity index (χ0) is 15.2. The first kappa shape index (κ1) is 15.8. The van der Waals surface area contributed by atoms with Crippen molar-refractivity contribution in [3.63, 3.8) is 0 Å². The Bertz CT molecular complexity index is 559. The van der Waals surface area contributed by atoms with Gasteiger partial charge in [-0.25, -0.2) is 0 Å². The van der Waals surface area contributed by atoms with Crippen LogP contribution in [-0.4, -0.2) is 7.05 Å². The molecule has 1 nitrogen and oxygen atoms in total. The molecule has 2 aromatic carbocycles. The molecule has 112 valence electrons. The van der Waals surface area contributed by atoms with E-state index in [1.165, 1.54) is 22.3 Å². The van der Waals surface area contributed by atoms with Crippen LogP contribution in [-0.2, 0) is 12.8 Å². The van der Waals surface area contributed by atoms with Crippen molar-refractivity contribution in [3.8, 4) is 0 Å². The van der Waals surface area contributed by atoms with Crippen LogP contribution in [0.15, 0.2) is 48.5 Å². The van der Waals surface area contributed by atoms with E-state index in [0.717, 1.165) is 12.8 Å². The van der Waals surface area contributed by atoms with Gasteiger partial charge in [-0.05, 0) is 42.1 Å². The van der Waals surface area contributed by atoms with E-state index in [1.807, 2.05) is 0 Å². The summed E-state index contributed by atoms with van der Waals surface area (Å²) in [5, 5.41) is 3.51. The van der Waals surface area contributed by atoms with Gasteiger partial charge >= 0.3 is 0 Å². The molecule has 0 spiro atoms. The van der Waals surface area contributed by atoms with Crippen LogP contribution in [0.4, 0.5) is 0 Å². The highest BCUT2D eigenvalue weighted by Gasteiger charge is 2.19. The summed E-state index contributed by atoms with van der Waals surface area (Å²) in [6, 6.07) is 18.1. The highest BCUT2D eigenvalue weighted by atomic mass is 14.9. The molecule has 0 heterocycles. The molecule has 0 aliphatic heterocycles. The predicted octanol–water partition coefficient (Wildman–Crippen LogP) is 4.88. The van der Waals surface area contributed by atoms with E-state index in [2.05, 4.69) is 81.7 Å². The summed E-state index contributed by atoms with van der Waals surface area (Å²) in [5.74, 6) is 0.452. The van der Waals surface area contributed by atoms with E-state index in [9.17, 15) is 0 Å². The molecule has 21 heavy (non-hydrogen) atoms. The topological polar surface area (TPSA) is 12.0 Å². The number of aryl methyl sites for hydroxylation is 2. The van der Waals surface area contributed by atoms with E-state index in [0.29, 0.717) is 12.0 Å². The summed E-state index contributed by atoms with van der Waals surface area (Å²) in [4.78, 5) is 0. The normalized spacial score (nSPS) is 13.9. The molecule has 0 amide bonds. The van der Waals surface area contributed by atoms with Crippen LogP contribution in [0.25, 0.3) is 0 Å². The highest BCUT2D eigenvalue weighted by Crippen LogP contribution is 2.31. The molecule has 0 aliphatic rings. The lowest BCUT2D eigenvalue weighted by Gasteiger charge is -2.25. The zero-order valence-corrected chi connectivity index (χ0v) is 13.7. The minimum atomic E-state index is 0.351. The second-order valence-corrected chi connectivity index (χ2v) is 5.70. The van der Waals surface area contributed by atoms with Crippen molar-refractivity contribution in [1.82, 2.24) is 5.32 Å². The maximum Gasteiger partial charge on any atom is 0.0384 e. The maximum absolute atomic E-state index is 3.51. The van der Waals surface area contributed by atoms with Gasteiger partial charge in [0.2, 0.25) is 0 Å². The summed E-state index contributed by atoms with van der Waals surface area (Å²) in [5.41, 5.74) is 5.73. The van der Waals surface area contributed by atoms with Gasteiger partial charge in [-0.15, -0.1) is 0 Å². The number of nitrogens with one attached hydrogen (secondary N) is 1. The average Bonchev–Trinajstić information content (AvgIpc) is 2.56. The summed E-state index contributed by atoms with van der Waals surface area (Å²) in [6.45, 7) is 6.78. The molecule has 0 bridgehead atoms. The Hall–Kier alpha value is -1.60. The van der Waals surface area contributed by atoms with Crippen LogP contribution in [0.5, 0.6) is 0 Å². The Morgan fingerprint density at radius 3 is 2.10 bits per heavy atom. The molecule has 0 fully saturated rings. The molecule has 0 aliphatic carbocycles. The smallest absolute Gasteiger partial charge is 0.0384 e. The SMILES string of the molecule is CCc1ccc(C(NC)C(C)c2ccccc2)cc1CC. The third-order valence-electron chi connectivity index (χ3n) is 4.49. The Morgan fingerprint density at radius 1 is 0.857 bits per heavy atom. The van der Waals surface area contributed by atoms with Crippen molar-refractivity contribution in [3.05, 3.63) is 70.8 Å². The summed E-state index contributed by atoms with van der Waals surface area (Å²) >= 11 is 0. The summed E-state index contributed by atoms with van der Waals surface area (Å²) in [6.07, 6.45) is 2.22. The van der Waals surface area contributed by atoms with Crippen LogP contribution in [0.3, 0.4) is 0 Å². The molecular weight excluding hydrogens is 254 g/mol. The van der Waals surface area contributed by atoms with Gasteiger partial charge in [-0.3, -0.25) is 0 Å². The van der Waals surface area contributed by atoms with E-state index in [1.54, 1.807) is 0 Å². The Morgan fingerprint density at radius 2 is 1.52 bits per heavy atom. The first-order chi connectivity index (χ1) is 10.2. The van der Waals surface area contributed by atoms with E-state index in [4.69, 9.17) is 0 Å². The third-order valence-corrected chi connectivity index (χ3v) is 4.49. The van der Waals surface area contributed by atoms with Gasteiger partial charge in [0.1, 0.15) is 0 Å². The van der Waals surface area contributed by atoms with Crippen LogP contribution >= 0.6 is 0 Å². The lowest BCUT2D eigenvalue weighted by Crippen LogP contribution is -2.22. The second kappa shape index (κ2) is 7.42.